The fourth-order valence-corrected chi connectivity index (χ4v) is 6.46. The summed E-state index contributed by atoms with van der Waals surface area (Å²) in [5.74, 6) is 1.58. The summed E-state index contributed by atoms with van der Waals surface area (Å²) in [4.78, 5) is 25.8. The van der Waals surface area contributed by atoms with Crippen molar-refractivity contribution in [1.82, 2.24) is 20.4 Å². The van der Waals surface area contributed by atoms with Gasteiger partial charge in [-0.3, -0.25) is 9.59 Å². The summed E-state index contributed by atoms with van der Waals surface area (Å²) in [7, 11) is 0. The van der Waals surface area contributed by atoms with Gasteiger partial charge in [0.25, 0.3) is 5.91 Å². The minimum absolute atomic E-state index is 0.0414. The summed E-state index contributed by atoms with van der Waals surface area (Å²) in [5.41, 5.74) is 0.289. The third-order valence-corrected chi connectivity index (χ3v) is 7.84. The molecule has 4 aliphatic rings. The molecule has 1 heterocycles. The van der Waals surface area contributed by atoms with Gasteiger partial charge in [-0.1, -0.05) is 19.9 Å². The van der Waals surface area contributed by atoms with Crippen LogP contribution in [-0.4, -0.2) is 44.9 Å². The zero-order valence-corrected chi connectivity index (χ0v) is 20.7. The molecule has 4 bridgehead atoms. The highest BCUT2D eigenvalue weighted by Gasteiger charge is 2.55. The first-order valence-corrected chi connectivity index (χ1v) is 12.6. The van der Waals surface area contributed by atoms with Gasteiger partial charge in [0, 0.05) is 18.8 Å². The number of aromatic nitrogens is 2. The second kappa shape index (κ2) is 8.90. The van der Waals surface area contributed by atoms with E-state index in [9.17, 15) is 14.7 Å². The van der Waals surface area contributed by atoms with Gasteiger partial charge < -0.3 is 15.7 Å². The molecule has 33 heavy (non-hydrogen) atoms. The van der Waals surface area contributed by atoms with E-state index in [1.165, 1.54) is 0 Å². The van der Waals surface area contributed by atoms with Crippen LogP contribution in [0.4, 0.5) is 0 Å². The number of rotatable bonds is 8. The van der Waals surface area contributed by atoms with E-state index in [0.29, 0.717) is 42.2 Å². The second-order valence-corrected chi connectivity index (χ2v) is 11.6. The number of nitrogens with one attached hydrogen (secondary N) is 2. The minimum Gasteiger partial charge on any atom is -0.390 e. The molecule has 0 aliphatic heterocycles. The lowest BCUT2D eigenvalue weighted by atomic mass is 9.52. The maximum Gasteiger partial charge on any atom is 0.255 e. The summed E-state index contributed by atoms with van der Waals surface area (Å²) < 4.78 is 1.75. The SMILES string of the molecule is CCNC(=O)C(C)(C)/C=C/n1ncc(C(=O)NC2C3CC4CC2CC(O)(C4)C3)c1CC(C)C. The fourth-order valence-electron chi connectivity index (χ4n) is 6.46. The molecule has 0 aromatic carbocycles. The number of hydrogen-bond donors (Lipinski definition) is 3. The van der Waals surface area contributed by atoms with Gasteiger partial charge in [-0.25, -0.2) is 4.68 Å². The highest BCUT2D eigenvalue weighted by atomic mass is 16.3. The number of carbonyl (C=O) groups is 2. The quantitative estimate of drug-likeness (QED) is 0.559. The van der Waals surface area contributed by atoms with Crippen molar-refractivity contribution in [3.63, 3.8) is 0 Å². The Balaban J connectivity index is 1.53. The molecule has 3 N–H and O–H groups in total. The molecule has 0 spiro atoms. The van der Waals surface area contributed by atoms with Gasteiger partial charge in [-0.2, -0.15) is 5.10 Å². The molecule has 4 saturated carbocycles. The molecule has 2 amide bonds. The van der Waals surface area contributed by atoms with Crippen LogP contribution in [-0.2, 0) is 11.2 Å². The molecule has 2 atom stereocenters. The van der Waals surface area contributed by atoms with Gasteiger partial charge in [-0.05, 0) is 83.0 Å². The fraction of sp³-hybridized carbons (Fsp3) is 0.731. The van der Waals surface area contributed by atoms with Crippen LogP contribution >= 0.6 is 0 Å². The molecular formula is C26H40N4O3. The minimum atomic E-state index is -0.680. The molecule has 4 aliphatic carbocycles. The summed E-state index contributed by atoms with van der Waals surface area (Å²) >= 11 is 0. The predicted octanol–water partition coefficient (Wildman–Crippen LogP) is 3.38. The molecule has 4 fully saturated rings. The molecule has 7 heteroatoms. The van der Waals surface area contributed by atoms with Gasteiger partial charge in [-0.15, -0.1) is 0 Å². The van der Waals surface area contributed by atoms with E-state index in [1.54, 1.807) is 10.9 Å². The Morgan fingerprint density at radius 3 is 2.52 bits per heavy atom. The lowest BCUT2D eigenvalue weighted by molar-refractivity contribution is -0.137. The van der Waals surface area contributed by atoms with Crippen molar-refractivity contribution < 1.29 is 14.7 Å². The van der Waals surface area contributed by atoms with Crippen molar-refractivity contribution in [2.45, 2.75) is 84.8 Å². The number of amides is 2. The van der Waals surface area contributed by atoms with E-state index in [-0.39, 0.29) is 17.9 Å². The van der Waals surface area contributed by atoms with Crippen LogP contribution < -0.4 is 10.6 Å². The second-order valence-electron chi connectivity index (χ2n) is 11.6. The summed E-state index contributed by atoms with van der Waals surface area (Å²) in [6, 6.07) is 0.136. The third-order valence-electron chi connectivity index (χ3n) is 7.84. The summed E-state index contributed by atoms with van der Waals surface area (Å²) in [6.07, 6.45) is 10.8. The first-order valence-electron chi connectivity index (χ1n) is 12.6. The molecule has 5 rings (SSSR count). The lowest BCUT2D eigenvalue weighted by Crippen LogP contribution is -2.61. The van der Waals surface area contributed by atoms with Crippen molar-refractivity contribution in [3.05, 3.63) is 23.5 Å². The largest absolute Gasteiger partial charge is 0.390 e. The molecule has 2 unspecified atom stereocenters. The van der Waals surface area contributed by atoms with Gasteiger partial charge in [0.15, 0.2) is 0 Å². The first-order chi connectivity index (χ1) is 15.5. The molecule has 1 aromatic rings. The van der Waals surface area contributed by atoms with Crippen molar-refractivity contribution in [2.24, 2.45) is 29.1 Å². The highest BCUT2D eigenvalue weighted by Crippen LogP contribution is 2.55. The van der Waals surface area contributed by atoms with Gasteiger partial charge in [0.2, 0.25) is 5.91 Å². The molecule has 1 aromatic heterocycles. The molecule has 0 radical (unpaired) electrons. The predicted molar refractivity (Wildman–Crippen MR) is 128 cm³/mol. The van der Waals surface area contributed by atoms with Gasteiger partial charge in [0.05, 0.1) is 28.5 Å². The number of carbonyl (C=O) groups excluding carboxylic acids is 2. The Morgan fingerprint density at radius 1 is 1.27 bits per heavy atom. The van der Waals surface area contributed by atoms with Crippen LogP contribution in [0.25, 0.3) is 6.20 Å². The summed E-state index contributed by atoms with van der Waals surface area (Å²) in [6.45, 7) is 10.5. The van der Waals surface area contributed by atoms with Crippen LogP contribution in [0.15, 0.2) is 12.3 Å². The van der Waals surface area contributed by atoms with E-state index in [4.69, 9.17) is 0 Å². The Labute approximate surface area is 197 Å². The topological polar surface area (TPSA) is 96.2 Å². The average molecular weight is 457 g/mol. The molecule has 7 nitrogen and oxygen atoms in total. The van der Waals surface area contributed by atoms with E-state index < -0.39 is 11.0 Å². The van der Waals surface area contributed by atoms with E-state index in [1.807, 2.05) is 33.0 Å². The van der Waals surface area contributed by atoms with E-state index >= 15 is 0 Å². The normalized spacial score (nSPS) is 30.9. The lowest BCUT2D eigenvalue weighted by Gasteiger charge is -2.58. The maximum atomic E-state index is 13.4. The highest BCUT2D eigenvalue weighted by molar-refractivity contribution is 5.95. The van der Waals surface area contributed by atoms with Crippen LogP contribution in [0.3, 0.4) is 0 Å². The van der Waals surface area contributed by atoms with Crippen LogP contribution in [0, 0.1) is 29.1 Å². The molecule has 182 valence electrons. The first kappa shape index (κ1) is 24.0. The zero-order chi connectivity index (χ0) is 24.0. The molecular weight excluding hydrogens is 416 g/mol. The van der Waals surface area contributed by atoms with Crippen LogP contribution in [0.5, 0.6) is 0 Å². The van der Waals surface area contributed by atoms with E-state index in [2.05, 4.69) is 29.6 Å². The number of hydrogen-bond acceptors (Lipinski definition) is 4. The van der Waals surface area contributed by atoms with Crippen LogP contribution in [0.1, 0.15) is 82.8 Å². The Hall–Kier alpha value is -2.15. The Bertz CT molecular complexity index is 916. The maximum absolute atomic E-state index is 13.4. The van der Waals surface area contributed by atoms with E-state index in [0.717, 1.165) is 37.8 Å². The Morgan fingerprint density at radius 2 is 1.94 bits per heavy atom. The summed E-state index contributed by atoms with van der Waals surface area (Å²) in [5, 5.41) is 21.5. The van der Waals surface area contributed by atoms with Crippen molar-refractivity contribution in [2.75, 3.05) is 6.54 Å². The smallest absolute Gasteiger partial charge is 0.255 e. The third kappa shape index (κ3) is 4.88. The van der Waals surface area contributed by atoms with Crippen molar-refractivity contribution >= 4 is 18.0 Å². The van der Waals surface area contributed by atoms with Crippen molar-refractivity contribution in [1.29, 1.82) is 0 Å². The monoisotopic (exact) mass is 456 g/mol. The number of aliphatic hydroxyl groups is 1. The number of nitrogens with zero attached hydrogens (tertiary/aromatic N) is 2. The van der Waals surface area contributed by atoms with Crippen LogP contribution in [0.2, 0.25) is 0 Å². The van der Waals surface area contributed by atoms with Gasteiger partial charge >= 0.3 is 0 Å². The zero-order valence-electron chi connectivity index (χ0n) is 20.7. The van der Waals surface area contributed by atoms with Crippen molar-refractivity contribution in [3.8, 4) is 0 Å². The average Bonchev–Trinajstić information content (AvgIpc) is 3.10. The molecule has 0 saturated heterocycles. The standard InChI is InChI=1S/C26H40N4O3/c1-6-27-24(32)25(4,5)7-8-30-21(9-16(2)3)20(15-28-30)23(31)29-22-18-10-17-11-19(22)14-26(33,12-17)13-18/h7-8,15-19,22,33H,6,9-14H2,1-5H3,(H,27,32)(H,29,31)/b8-7+. The van der Waals surface area contributed by atoms with Gasteiger partial charge in [0.1, 0.15) is 0 Å². The Kier molecular flexibility index (Phi) is 6.47.